The third-order valence-corrected chi connectivity index (χ3v) is 6.36. The molecular weight excluding hydrogens is 350 g/mol. The molecule has 1 atom stereocenters. The predicted molar refractivity (Wildman–Crippen MR) is 109 cm³/mol. The molecule has 2 aliphatic heterocycles. The minimum atomic E-state index is 0.167. The highest BCUT2D eigenvalue weighted by Crippen LogP contribution is 2.27. The van der Waals surface area contributed by atoms with Gasteiger partial charge < -0.3 is 9.47 Å². The van der Waals surface area contributed by atoms with Crippen LogP contribution in [0.25, 0.3) is 0 Å². The van der Waals surface area contributed by atoms with Gasteiger partial charge in [0.15, 0.2) is 0 Å². The maximum atomic E-state index is 11.8. The summed E-state index contributed by atoms with van der Waals surface area (Å²) in [6, 6.07) is 6.78. The van der Waals surface area contributed by atoms with Gasteiger partial charge in [-0.25, -0.2) is 0 Å². The van der Waals surface area contributed by atoms with Crippen molar-refractivity contribution in [3.05, 3.63) is 46.5 Å². The highest BCUT2D eigenvalue weighted by atomic mass is 16.2. The zero-order chi connectivity index (χ0) is 19.7. The van der Waals surface area contributed by atoms with E-state index in [9.17, 15) is 4.79 Å². The molecule has 4 rings (SSSR count). The molecule has 0 bridgehead atoms. The first-order chi connectivity index (χ1) is 13.5. The molecule has 1 saturated heterocycles. The Morgan fingerprint density at radius 3 is 2.75 bits per heavy atom. The van der Waals surface area contributed by atoms with Crippen LogP contribution in [-0.4, -0.2) is 56.7 Å². The Kier molecular flexibility index (Phi) is 5.49. The highest BCUT2D eigenvalue weighted by molar-refractivity contribution is 5.73. The number of hydrogen-bond acceptors (Lipinski definition) is 4. The maximum absolute atomic E-state index is 11.8. The summed E-state index contributed by atoms with van der Waals surface area (Å²) < 4.78 is 2.33. The van der Waals surface area contributed by atoms with E-state index in [1.807, 2.05) is 4.90 Å². The van der Waals surface area contributed by atoms with E-state index in [0.717, 1.165) is 70.2 Å². The van der Waals surface area contributed by atoms with Crippen molar-refractivity contribution in [2.24, 2.45) is 0 Å². The van der Waals surface area contributed by atoms with Gasteiger partial charge >= 0.3 is 0 Å². The third-order valence-electron chi connectivity index (χ3n) is 6.36. The maximum Gasteiger partial charge on any atom is 0.219 e. The van der Waals surface area contributed by atoms with E-state index in [2.05, 4.69) is 51.7 Å². The van der Waals surface area contributed by atoms with Gasteiger partial charge in [0.25, 0.3) is 0 Å². The van der Waals surface area contributed by atoms with E-state index in [4.69, 9.17) is 0 Å². The number of carbonyl (C=O) groups is 1. The lowest BCUT2D eigenvalue weighted by Gasteiger charge is -2.31. The van der Waals surface area contributed by atoms with Gasteiger partial charge in [-0.3, -0.25) is 9.69 Å². The van der Waals surface area contributed by atoms with Crippen molar-refractivity contribution in [2.75, 3.05) is 26.2 Å². The Bertz CT molecular complexity index is 859. The molecule has 6 heteroatoms. The van der Waals surface area contributed by atoms with Gasteiger partial charge in [0.05, 0.1) is 0 Å². The van der Waals surface area contributed by atoms with Crippen LogP contribution in [0.1, 0.15) is 54.0 Å². The first kappa shape index (κ1) is 19.1. The van der Waals surface area contributed by atoms with Crippen LogP contribution in [0.2, 0.25) is 0 Å². The van der Waals surface area contributed by atoms with Crippen LogP contribution in [-0.2, 0) is 24.3 Å². The average molecular weight is 382 g/mol. The molecular formula is C22H31N5O. The number of nitrogens with zero attached hydrogens (tertiary/aromatic N) is 5. The van der Waals surface area contributed by atoms with Crippen LogP contribution >= 0.6 is 0 Å². The summed E-state index contributed by atoms with van der Waals surface area (Å²) in [5, 5.41) is 9.06. The number of carbonyl (C=O) groups excluding carboxylic acids is 1. The van der Waals surface area contributed by atoms with E-state index >= 15 is 0 Å². The van der Waals surface area contributed by atoms with Crippen molar-refractivity contribution in [3.63, 3.8) is 0 Å². The minimum Gasteiger partial charge on any atom is -0.342 e. The molecule has 0 saturated carbocycles. The molecule has 6 nitrogen and oxygen atoms in total. The Labute approximate surface area is 167 Å². The van der Waals surface area contributed by atoms with Gasteiger partial charge in [-0.2, -0.15) is 0 Å². The fourth-order valence-electron chi connectivity index (χ4n) is 4.48. The van der Waals surface area contributed by atoms with Gasteiger partial charge in [-0.1, -0.05) is 18.2 Å². The summed E-state index contributed by atoms with van der Waals surface area (Å²) >= 11 is 0. The van der Waals surface area contributed by atoms with Crippen molar-refractivity contribution in [3.8, 4) is 0 Å². The number of aryl methyl sites for hydroxylation is 2. The van der Waals surface area contributed by atoms with Gasteiger partial charge in [0.1, 0.15) is 11.6 Å². The van der Waals surface area contributed by atoms with Crippen molar-refractivity contribution in [1.29, 1.82) is 0 Å². The van der Waals surface area contributed by atoms with E-state index < -0.39 is 0 Å². The fourth-order valence-corrected chi connectivity index (χ4v) is 4.48. The van der Waals surface area contributed by atoms with Crippen molar-refractivity contribution >= 4 is 5.91 Å². The van der Waals surface area contributed by atoms with Gasteiger partial charge in [-0.05, 0) is 43.4 Å². The van der Waals surface area contributed by atoms with Crippen molar-refractivity contribution in [1.82, 2.24) is 24.6 Å². The van der Waals surface area contributed by atoms with Crippen LogP contribution in [0.3, 0.4) is 0 Å². The SMILES string of the molecule is CC(=O)N1CCC[C@@H](c2nnc3n2CCN(Cc2ccc(C)c(C)c2)CC3)C1. The van der Waals surface area contributed by atoms with Crippen LogP contribution in [0.5, 0.6) is 0 Å². The van der Waals surface area contributed by atoms with E-state index in [-0.39, 0.29) is 5.91 Å². The Balaban J connectivity index is 1.45. The minimum absolute atomic E-state index is 0.167. The second-order valence-corrected chi connectivity index (χ2v) is 8.38. The van der Waals surface area contributed by atoms with Gasteiger partial charge in [0.2, 0.25) is 5.91 Å². The largest absolute Gasteiger partial charge is 0.342 e. The number of aromatic nitrogens is 3. The standard InChI is InChI=1S/C22H31N5O/c1-16-6-7-19(13-17(16)2)14-25-10-8-21-23-24-22(27(21)12-11-25)20-5-4-9-26(15-20)18(3)28/h6-7,13,20H,4-5,8-12,14-15H2,1-3H3/t20-/m1/s1. The number of hydrogen-bond donors (Lipinski definition) is 0. The molecule has 0 spiro atoms. The van der Waals surface area contributed by atoms with Crippen LogP contribution < -0.4 is 0 Å². The topological polar surface area (TPSA) is 54.3 Å². The van der Waals surface area contributed by atoms with E-state index in [0.29, 0.717) is 5.92 Å². The number of piperidine rings is 1. The molecule has 2 aromatic rings. The molecule has 1 aromatic carbocycles. The number of likely N-dealkylation sites (tertiary alicyclic amines) is 1. The number of amides is 1. The molecule has 0 unspecified atom stereocenters. The summed E-state index contributed by atoms with van der Waals surface area (Å²) in [5.41, 5.74) is 4.09. The molecule has 0 radical (unpaired) electrons. The second-order valence-electron chi connectivity index (χ2n) is 8.38. The summed E-state index contributed by atoms with van der Waals surface area (Å²) in [7, 11) is 0. The lowest BCUT2D eigenvalue weighted by molar-refractivity contribution is -0.130. The second kappa shape index (κ2) is 8.03. The molecule has 1 aromatic heterocycles. The van der Waals surface area contributed by atoms with Gasteiger partial charge in [-0.15, -0.1) is 10.2 Å². The predicted octanol–water partition coefficient (Wildman–Crippen LogP) is 2.68. The molecule has 1 amide bonds. The number of benzene rings is 1. The third kappa shape index (κ3) is 3.97. The fraction of sp³-hybridized carbons (Fsp3) is 0.591. The molecule has 3 heterocycles. The summed E-state index contributed by atoms with van der Waals surface area (Å²) in [6.45, 7) is 11.6. The lowest BCUT2D eigenvalue weighted by Crippen LogP contribution is -2.38. The quantitative estimate of drug-likeness (QED) is 0.820. The summed E-state index contributed by atoms with van der Waals surface area (Å²) in [5.74, 6) is 2.65. The summed E-state index contributed by atoms with van der Waals surface area (Å²) in [6.07, 6.45) is 3.07. The Morgan fingerprint density at radius 2 is 1.96 bits per heavy atom. The van der Waals surface area contributed by atoms with Crippen LogP contribution in [0.4, 0.5) is 0 Å². The van der Waals surface area contributed by atoms with Crippen LogP contribution in [0, 0.1) is 13.8 Å². The van der Waals surface area contributed by atoms with Crippen molar-refractivity contribution in [2.45, 2.75) is 59.0 Å². The molecule has 2 aliphatic rings. The van der Waals surface area contributed by atoms with Crippen molar-refractivity contribution < 1.29 is 4.79 Å². The normalized spacial score (nSPS) is 20.7. The van der Waals surface area contributed by atoms with E-state index in [1.54, 1.807) is 6.92 Å². The zero-order valence-corrected chi connectivity index (χ0v) is 17.3. The molecule has 1 fully saturated rings. The number of fused-ring (bicyclic) bond motifs is 1. The summed E-state index contributed by atoms with van der Waals surface area (Å²) in [4.78, 5) is 16.3. The molecule has 0 N–H and O–H groups in total. The average Bonchev–Trinajstić information content (AvgIpc) is 2.99. The monoisotopic (exact) mass is 381 g/mol. The molecule has 0 aliphatic carbocycles. The highest BCUT2D eigenvalue weighted by Gasteiger charge is 2.29. The number of rotatable bonds is 3. The Hall–Kier alpha value is -2.21. The zero-order valence-electron chi connectivity index (χ0n) is 17.3. The molecule has 150 valence electrons. The first-order valence-corrected chi connectivity index (χ1v) is 10.5. The molecule has 28 heavy (non-hydrogen) atoms. The lowest BCUT2D eigenvalue weighted by atomic mass is 9.97. The van der Waals surface area contributed by atoms with Gasteiger partial charge in [0, 0.05) is 58.5 Å². The van der Waals surface area contributed by atoms with Crippen LogP contribution in [0.15, 0.2) is 18.2 Å². The smallest absolute Gasteiger partial charge is 0.219 e. The first-order valence-electron chi connectivity index (χ1n) is 10.5. The van der Waals surface area contributed by atoms with E-state index in [1.165, 1.54) is 16.7 Å². The Morgan fingerprint density at radius 1 is 1.11 bits per heavy atom.